The van der Waals surface area contributed by atoms with Gasteiger partial charge in [-0.3, -0.25) is 4.79 Å². The first-order valence-corrected chi connectivity index (χ1v) is 9.73. The zero-order chi connectivity index (χ0) is 19.4. The molecule has 2 aromatic carbocycles. The number of nitrogens with zero attached hydrogens (tertiary/aromatic N) is 1. The number of anilines is 1. The molecular weight excluding hydrogens is 332 g/mol. The second kappa shape index (κ2) is 5.98. The third kappa shape index (κ3) is 2.60. The minimum atomic E-state index is -0.531. The van der Waals surface area contributed by atoms with Gasteiger partial charge in [0.25, 0.3) is 0 Å². The summed E-state index contributed by atoms with van der Waals surface area (Å²) in [6.45, 7) is 11.4. The van der Waals surface area contributed by atoms with Gasteiger partial charge < -0.3 is 10.2 Å². The lowest BCUT2D eigenvalue weighted by Gasteiger charge is -2.40. The van der Waals surface area contributed by atoms with Crippen molar-refractivity contribution in [1.29, 1.82) is 0 Å². The number of rotatable bonds is 3. The van der Waals surface area contributed by atoms with Crippen LogP contribution in [0.1, 0.15) is 55.9 Å². The molecule has 2 aliphatic rings. The van der Waals surface area contributed by atoms with E-state index >= 15 is 0 Å². The minimum Gasteiger partial charge on any atom is -0.335 e. The highest BCUT2D eigenvalue weighted by atomic mass is 16.2. The van der Waals surface area contributed by atoms with Crippen molar-refractivity contribution in [3.05, 3.63) is 70.8 Å². The Bertz CT molecular complexity index is 924. The van der Waals surface area contributed by atoms with Crippen LogP contribution in [0.15, 0.2) is 48.5 Å². The smallest absolute Gasteiger partial charge is 0.241 e. The van der Waals surface area contributed by atoms with Crippen LogP contribution in [0.2, 0.25) is 0 Å². The first kappa shape index (κ1) is 17.8. The summed E-state index contributed by atoms with van der Waals surface area (Å²) >= 11 is 0. The first-order valence-electron chi connectivity index (χ1n) is 9.73. The van der Waals surface area contributed by atoms with E-state index in [0.29, 0.717) is 12.5 Å². The lowest BCUT2D eigenvalue weighted by molar-refractivity contribution is -0.118. The summed E-state index contributed by atoms with van der Waals surface area (Å²) in [5.41, 5.74) is 5.43. The zero-order valence-electron chi connectivity index (χ0n) is 16.8. The molecule has 2 aliphatic heterocycles. The van der Waals surface area contributed by atoms with Crippen molar-refractivity contribution in [2.24, 2.45) is 0 Å². The van der Waals surface area contributed by atoms with Crippen molar-refractivity contribution in [2.75, 3.05) is 11.4 Å². The molecule has 1 N–H and O–H groups in total. The van der Waals surface area contributed by atoms with Crippen LogP contribution in [0.25, 0.3) is 6.08 Å². The van der Waals surface area contributed by atoms with Crippen molar-refractivity contribution in [3.8, 4) is 0 Å². The van der Waals surface area contributed by atoms with Crippen molar-refractivity contribution in [1.82, 2.24) is 5.32 Å². The predicted molar refractivity (Wildman–Crippen MR) is 112 cm³/mol. The van der Waals surface area contributed by atoms with Gasteiger partial charge in [0.1, 0.15) is 5.66 Å². The number of benzene rings is 2. The van der Waals surface area contributed by atoms with Crippen LogP contribution in [0.5, 0.6) is 0 Å². The third-order valence-corrected chi connectivity index (χ3v) is 6.25. The van der Waals surface area contributed by atoms with Crippen LogP contribution in [-0.4, -0.2) is 18.1 Å². The second-order valence-corrected chi connectivity index (χ2v) is 8.70. The Labute approximate surface area is 162 Å². The Morgan fingerprint density at radius 3 is 2.48 bits per heavy atom. The molecule has 140 valence electrons. The average Bonchev–Trinajstić information content (AvgIpc) is 3.05. The number of hydrogen-bond acceptors (Lipinski definition) is 2. The Balaban J connectivity index is 1.76. The normalized spacial score (nSPS) is 23.0. The fourth-order valence-corrected chi connectivity index (χ4v) is 4.50. The average molecular weight is 361 g/mol. The Hall–Kier alpha value is -2.55. The monoisotopic (exact) mass is 360 g/mol. The zero-order valence-corrected chi connectivity index (χ0v) is 16.8. The Kier molecular flexibility index (Phi) is 3.95. The van der Waals surface area contributed by atoms with Gasteiger partial charge in [0, 0.05) is 11.1 Å². The standard InChI is InChI=1S/C24H28N2O/c1-16(2)19-9-7-18(8-10-19)12-13-24-23(4,5)20-14-17(3)6-11-21(20)26(24)15-22(27)25-24/h6-14,16H,15H2,1-5H3,(H,25,27)/b13-12+/t24-/m0/s1. The molecule has 1 amide bonds. The maximum absolute atomic E-state index is 12.4. The lowest BCUT2D eigenvalue weighted by Crippen LogP contribution is -2.58. The van der Waals surface area contributed by atoms with Crippen LogP contribution in [0, 0.1) is 6.92 Å². The molecular formula is C24H28N2O. The van der Waals surface area contributed by atoms with Gasteiger partial charge in [-0.15, -0.1) is 0 Å². The number of amides is 1. The summed E-state index contributed by atoms with van der Waals surface area (Å²) in [6, 6.07) is 15.2. The molecule has 1 saturated heterocycles. The third-order valence-electron chi connectivity index (χ3n) is 6.25. The summed E-state index contributed by atoms with van der Waals surface area (Å²) < 4.78 is 0. The number of hydrogen-bond donors (Lipinski definition) is 1. The Morgan fingerprint density at radius 2 is 1.81 bits per heavy atom. The summed E-state index contributed by atoms with van der Waals surface area (Å²) in [5.74, 6) is 0.604. The van der Waals surface area contributed by atoms with E-state index in [1.54, 1.807) is 0 Å². The van der Waals surface area contributed by atoms with Crippen LogP contribution in [0.3, 0.4) is 0 Å². The van der Waals surface area contributed by atoms with E-state index in [1.807, 2.05) is 0 Å². The van der Waals surface area contributed by atoms with Gasteiger partial charge in [0.2, 0.25) is 5.91 Å². The number of fused-ring (bicyclic) bond motifs is 3. The van der Waals surface area contributed by atoms with Gasteiger partial charge in [-0.05, 0) is 41.7 Å². The molecule has 0 unspecified atom stereocenters. The summed E-state index contributed by atoms with van der Waals surface area (Å²) in [6.07, 6.45) is 4.32. The molecule has 0 radical (unpaired) electrons. The number of aryl methyl sites for hydroxylation is 1. The molecule has 1 fully saturated rings. The van der Waals surface area contributed by atoms with E-state index in [9.17, 15) is 4.79 Å². The van der Waals surface area contributed by atoms with Gasteiger partial charge in [-0.2, -0.15) is 0 Å². The topological polar surface area (TPSA) is 32.3 Å². The highest BCUT2D eigenvalue weighted by Crippen LogP contribution is 2.53. The number of carbonyl (C=O) groups excluding carboxylic acids is 1. The lowest BCUT2D eigenvalue weighted by atomic mass is 9.75. The fraction of sp³-hybridized carbons (Fsp3) is 0.375. The number of carbonyl (C=O) groups is 1. The highest BCUT2D eigenvalue weighted by molar-refractivity contribution is 5.91. The molecule has 4 rings (SSSR count). The molecule has 0 saturated carbocycles. The second-order valence-electron chi connectivity index (χ2n) is 8.70. The molecule has 3 nitrogen and oxygen atoms in total. The fourth-order valence-electron chi connectivity index (χ4n) is 4.50. The van der Waals surface area contributed by atoms with E-state index in [-0.39, 0.29) is 11.3 Å². The maximum Gasteiger partial charge on any atom is 0.241 e. The maximum atomic E-state index is 12.4. The van der Waals surface area contributed by atoms with Crippen molar-refractivity contribution in [3.63, 3.8) is 0 Å². The van der Waals surface area contributed by atoms with Gasteiger partial charge in [0.05, 0.1) is 6.54 Å². The summed E-state index contributed by atoms with van der Waals surface area (Å²) in [4.78, 5) is 14.6. The van der Waals surface area contributed by atoms with E-state index < -0.39 is 5.66 Å². The highest BCUT2D eigenvalue weighted by Gasteiger charge is 2.59. The Morgan fingerprint density at radius 1 is 1.11 bits per heavy atom. The minimum absolute atomic E-state index is 0.0779. The number of nitrogens with one attached hydrogen (secondary N) is 1. The van der Waals surface area contributed by atoms with E-state index in [2.05, 4.69) is 99.5 Å². The van der Waals surface area contributed by atoms with Gasteiger partial charge >= 0.3 is 0 Å². The van der Waals surface area contributed by atoms with Crippen LogP contribution in [0.4, 0.5) is 5.69 Å². The molecule has 0 aromatic heterocycles. The summed E-state index contributed by atoms with van der Waals surface area (Å²) in [5, 5.41) is 3.29. The van der Waals surface area contributed by atoms with Crippen molar-refractivity contribution >= 4 is 17.7 Å². The largest absolute Gasteiger partial charge is 0.335 e. The molecule has 0 bridgehead atoms. The van der Waals surface area contributed by atoms with E-state index in [0.717, 1.165) is 11.3 Å². The van der Waals surface area contributed by atoms with E-state index in [4.69, 9.17) is 0 Å². The quantitative estimate of drug-likeness (QED) is 0.856. The SMILES string of the molecule is Cc1ccc2c(c1)C(C)(C)[C@@]1(/C=C/c3ccc(C(C)C)cc3)NC(=O)CN21. The predicted octanol–water partition coefficient (Wildman–Crippen LogP) is 4.76. The van der Waals surface area contributed by atoms with Crippen molar-refractivity contribution in [2.45, 2.75) is 51.6 Å². The summed E-state index contributed by atoms with van der Waals surface area (Å²) in [7, 11) is 0. The molecule has 2 heterocycles. The van der Waals surface area contributed by atoms with Crippen LogP contribution >= 0.6 is 0 Å². The molecule has 0 spiro atoms. The van der Waals surface area contributed by atoms with Crippen LogP contribution < -0.4 is 10.2 Å². The van der Waals surface area contributed by atoms with Gasteiger partial charge in [0.15, 0.2) is 0 Å². The molecule has 3 heteroatoms. The van der Waals surface area contributed by atoms with Crippen LogP contribution in [-0.2, 0) is 10.2 Å². The molecule has 27 heavy (non-hydrogen) atoms. The van der Waals surface area contributed by atoms with Gasteiger partial charge in [-0.25, -0.2) is 0 Å². The molecule has 0 aliphatic carbocycles. The van der Waals surface area contributed by atoms with Crippen molar-refractivity contribution < 1.29 is 4.79 Å². The van der Waals surface area contributed by atoms with E-state index in [1.165, 1.54) is 16.7 Å². The van der Waals surface area contributed by atoms with Gasteiger partial charge in [-0.1, -0.05) is 75.7 Å². The molecule has 1 atom stereocenters. The first-order chi connectivity index (χ1) is 12.7. The molecule has 2 aromatic rings.